The molecule has 2 N–H and O–H groups in total. The van der Waals surface area contributed by atoms with Crippen LogP contribution in [-0.4, -0.2) is 51.5 Å². The van der Waals surface area contributed by atoms with Crippen LogP contribution in [0, 0.1) is 6.07 Å². The molecular weight excluding hydrogens is 592 g/mol. The molecule has 1 radical (unpaired) electrons. The Kier molecular flexibility index (Phi) is 11.1. The van der Waals surface area contributed by atoms with E-state index in [9.17, 15) is 9.59 Å². The molecule has 2 atom stereocenters. The fourth-order valence-electron chi connectivity index (χ4n) is 2.59. The average Bonchev–Trinajstić information content (AvgIpc) is 3.23. The predicted molar refractivity (Wildman–Crippen MR) is 113 cm³/mol. The number of aliphatic hydroxyl groups is 2. The standard InChI is InChI=1S/C18H13N2O4.C5H12O2.Ir/c1-11(21)12-3-5-13(6-4-12)16-19-20-17(24-16)14-7-9-15(10-8-14)18(22)23-2;1-4(6)3-5(2)7;/h3-7,9-10H,1-2H3;4-7H,3H2,1-2H3;/q-1;;. The fourth-order valence-corrected chi connectivity index (χ4v) is 2.59. The second kappa shape index (κ2) is 13.0. The largest absolute Gasteiger partial charge is 0.472 e. The molecule has 3 aromatic rings. The summed E-state index contributed by atoms with van der Waals surface area (Å²) in [6.07, 6.45) is -0.278. The molecule has 0 spiro atoms. The SMILES string of the molecule is CC(O)CC(C)O.COC(=O)c1c[c-]c(-c2nnc(-c3ccc(C(C)=O)cc3)o2)cc1.[Ir]. The zero-order valence-electron chi connectivity index (χ0n) is 18.2. The Morgan fingerprint density at radius 2 is 1.56 bits per heavy atom. The number of ketones is 1. The van der Waals surface area contributed by atoms with E-state index in [2.05, 4.69) is 21.0 Å². The molecule has 0 saturated carbocycles. The number of carbonyl (C=O) groups excluding carboxylic acids is 2. The summed E-state index contributed by atoms with van der Waals surface area (Å²) >= 11 is 0. The van der Waals surface area contributed by atoms with Crippen LogP contribution in [-0.2, 0) is 24.8 Å². The third-order valence-corrected chi connectivity index (χ3v) is 4.11. The first-order valence-electron chi connectivity index (χ1n) is 9.62. The number of rotatable bonds is 6. The van der Waals surface area contributed by atoms with Gasteiger partial charge in [0.05, 0.1) is 19.3 Å². The van der Waals surface area contributed by atoms with Crippen LogP contribution in [0.2, 0.25) is 0 Å². The minimum atomic E-state index is -0.436. The van der Waals surface area contributed by atoms with Crippen molar-refractivity contribution in [2.45, 2.75) is 39.4 Å². The number of ether oxygens (including phenoxy) is 1. The number of esters is 1. The molecular formula is C23H25IrN2O6-. The van der Waals surface area contributed by atoms with Crippen LogP contribution in [0.5, 0.6) is 0 Å². The normalized spacial score (nSPS) is 11.9. The van der Waals surface area contributed by atoms with Crippen molar-refractivity contribution in [1.82, 2.24) is 10.2 Å². The van der Waals surface area contributed by atoms with Gasteiger partial charge in [0.1, 0.15) is 0 Å². The molecule has 8 nitrogen and oxygen atoms in total. The smallest absolute Gasteiger partial charge is 0.294 e. The third kappa shape index (κ3) is 8.09. The molecule has 9 heteroatoms. The van der Waals surface area contributed by atoms with Gasteiger partial charge in [-0.1, -0.05) is 17.7 Å². The second-order valence-corrected chi connectivity index (χ2v) is 6.96. The number of hydrogen-bond acceptors (Lipinski definition) is 8. The summed E-state index contributed by atoms with van der Waals surface area (Å²) in [5.74, 6) is 0.185. The molecule has 3 rings (SSSR count). The molecule has 1 aromatic heterocycles. The topological polar surface area (TPSA) is 123 Å². The number of Topliss-reactive ketones (excluding diaryl/α,β-unsaturated/α-hetero) is 1. The average molecular weight is 618 g/mol. The van der Waals surface area contributed by atoms with E-state index < -0.39 is 5.97 Å². The Hall–Kier alpha value is -2.71. The second-order valence-electron chi connectivity index (χ2n) is 6.96. The summed E-state index contributed by atoms with van der Waals surface area (Å²) in [5, 5.41) is 25.1. The number of benzene rings is 2. The van der Waals surface area contributed by atoms with Crippen LogP contribution in [0.4, 0.5) is 0 Å². The van der Waals surface area contributed by atoms with Crippen molar-refractivity contribution >= 4 is 11.8 Å². The summed E-state index contributed by atoms with van der Waals surface area (Å²) < 4.78 is 10.3. The number of aliphatic hydroxyl groups excluding tert-OH is 2. The van der Waals surface area contributed by atoms with Gasteiger partial charge in [-0.05, 0) is 44.9 Å². The molecule has 0 fully saturated rings. The molecule has 2 aromatic carbocycles. The number of carbonyl (C=O) groups is 2. The number of nitrogens with zero attached hydrogens (tertiary/aromatic N) is 2. The molecule has 0 saturated heterocycles. The van der Waals surface area contributed by atoms with Gasteiger partial charge < -0.3 is 19.4 Å². The summed E-state index contributed by atoms with van der Waals surface area (Å²) in [6.45, 7) is 4.83. The van der Waals surface area contributed by atoms with Crippen LogP contribution in [0.1, 0.15) is 47.9 Å². The van der Waals surface area contributed by atoms with Gasteiger partial charge in [0, 0.05) is 31.2 Å². The van der Waals surface area contributed by atoms with Crippen molar-refractivity contribution in [3.63, 3.8) is 0 Å². The van der Waals surface area contributed by atoms with Gasteiger partial charge in [-0.2, -0.15) is 5.10 Å². The molecule has 2 unspecified atom stereocenters. The Morgan fingerprint density at radius 3 is 2.00 bits per heavy atom. The van der Waals surface area contributed by atoms with E-state index in [1.807, 2.05) is 0 Å². The summed E-state index contributed by atoms with van der Waals surface area (Å²) in [7, 11) is 1.32. The zero-order chi connectivity index (χ0) is 23.0. The van der Waals surface area contributed by atoms with Crippen molar-refractivity contribution in [2.24, 2.45) is 0 Å². The first-order chi connectivity index (χ1) is 14.7. The van der Waals surface area contributed by atoms with Gasteiger partial charge in [0.25, 0.3) is 5.97 Å². The molecule has 0 aliphatic rings. The van der Waals surface area contributed by atoms with E-state index in [1.54, 1.807) is 50.2 Å². The molecule has 0 bridgehead atoms. The monoisotopic (exact) mass is 618 g/mol. The van der Waals surface area contributed by atoms with Crippen LogP contribution in [0.15, 0.2) is 46.9 Å². The van der Waals surface area contributed by atoms with E-state index in [1.165, 1.54) is 20.1 Å². The zero-order valence-corrected chi connectivity index (χ0v) is 20.6. The molecule has 32 heavy (non-hydrogen) atoms. The van der Waals surface area contributed by atoms with Crippen LogP contribution < -0.4 is 0 Å². The van der Waals surface area contributed by atoms with Crippen molar-refractivity contribution in [1.29, 1.82) is 0 Å². The Labute approximate surface area is 200 Å². The third-order valence-electron chi connectivity index (χ3n) is 4.11. The summed E-state index contributed by atoms with van der Waals surface area (Å²) in [4.78, 5) is 22.7. The van der Waals surface area contributed by atoms with E-state index >= 15 is 0 Å². The van der Waals surface area contributed by atoms with Gasteiger partial charge in [0.15, 0.2) is 11.7 Å². The van der Waals surface area contributed by atoms with E-state index in [-0.39, 0.29) is 44.0 Å². The molecule has 173 valence electrons. The maximum absolute atomic E-state index is 11.4. The van der Waals surface area contributed by atoms with Gasteiger partial charge in [-0.25, -0.2) is 0 Å². The van der Waals surface area contributed by atoms with Gasteiger partial charge >= 0.3 is 0 Å². The molecule has 0 aliphatic heterocycles. The van der Waals surface area contributed by atoms with E-state index in [4.69, 9.17) is 14.6 Å². The maximum Gasteiger partial charge on any atom is 0.294 e. The number of aromatic nitrogens is 2. The first kappa shape index (κ1) is 27.3. The van der Waals surface area contributed by atoms with Crippen LogP contribution >= 0.6 is 0 Å². The molecule has 0 aliphatic carbocycles. The van der Waals surface area contributed by atoms with Gasteiger partial charge in [-0.15, -0.1) is 29.4 Å². The maximum atomic E-state index is 11.4. The van der Waals surface area contributed by atoms with E-state index in [0.717, 1.165) is 0 Å². The number of methoxy groups -OCH3 is 1. The van der Waals surface area contributed by atoms with Crippen LogP contribution in [0.25, 0.3) is 22.9 Å². The van der Waals surface area contributed by atoms with Crippen LogP contribution in [0.3, 0.4) is 0 Å². The predicted octanol–water partition coefficient (Wildman–Crippen LogP) is 3.33. The summed E-state index contributed by atoms with van der Waals surface area (Å²) in [6, 6.07) is 14.6. The van der Waals surface area contributed by atoms with Crippen molar-refractivity contribution in [2.75, 3.05) is 7.11 Å². The fraction of sp³-hybridized carbons (Fsp3) is 0.304. The van der Waals surface area contributed by atoms with Gasteiger partial charge in [0.2, 0.25) is 5.89 Å². The quantitative estimate of drug-likeness (QED) is 0.246. The van der Waals surface area contributed by atoms with Crippen molar-refractivity contribution in [3.8, 4) is 22.9 Å². The summed E-state index contributed by atoms with van der Waals surface area (Å²) in [5.41, 5.74) is 2.29. The Bertz CT molecular complexity index is 992. The molecule has 1 heterocycles. The van der Waals surface area contributed by atoms with Crippen molar-refractivity contribution in [3.05, 3.63) is 59.7 Å². The minimum Gasteiger partial charge on any atom is -0.472 e. The van der Waals surface area contributed by atoms with Gasteiger partial charge in [-0.3, -0.25) is 9.59 Å². The minimum absolute atomic E-state index is 0. The number of hydrogen-bond donors (Lipinski definition) is 2. The first-order valence-corrected chi connectivity index (χ1v) is 9.62. The molecule has 0 amide bonds. The van der Waals surface area contributed by atoms with Crippen molar-refractivity contribution < 1.29 is 49.1 Å². The Balaban J connectivity index is 0.000000558. The van der Waals surface area contributed by atoms with E-state index in [0.29, 0.717) is 34.6 Å². The Morgan fingerprint density at radius 1 is 1.00 bits per heavy atom.